The van der Waals surface area contributed by atoms with E-state index in [1.54, 1.807) is 18.6 Å². The minimum absolute atomic E-state index is 0.0239. The van der Waals surface area contributed by atoms with Crippen LogP contribution in [0.25, 0.3) is 0 Å². The van der Waals surface area contributed by atoms with Crippen molar-refractivity contribution in [2.45, 2.75) is 31.7 Å². The Balaban J connectivity index is 1.66. The fourth-order valence-electron chi connectivity index (χ4n) is 3.21. The average Bonchev–Trinajstić information content (AvgIpc) is 3.02. The number of hydrogen-bond acceptors (Lipinski definition) is 4. The third-order valence-corrected chi connectivity index (χ3v) is 4.19. The molecule has 2 atom stereocenters. The topological polar surface area (TPSA) is 58.1 Å². The van der Waals surface area contributed by atoms with Gasteiger partial charge >= 0.3 is 0 Å². The monoisotopic (exact) mass is 260 g/mol. The zero-order valence-corrected chi connectivity index (χ0v) is 11.1. The fraction of sp³-hybridized carbons (Fsp3) is 0.643. The Morgan fingerprint density at radius 1 is 1.32 bits per heavy atom. The van der Waals surface area contributed by atoms with Crippen molar-refractivity contribution in [1.29, 1.82) is 0 Å². The second-order valence-corrected chi connectivity index (χ2v) is 5.45. The van der Waals surface area contributed by atoms with E-state index >= 15 is 0 Å². The van der Waals surface area contributed by atoms with Crippen LogP contribution in [0.1, 0.15) is 36.2 Å². The predicted molar refractivity (Wildman–Crippen MR) is 71.7 cm³/mol. The molecule has 5 heteroatoms. The minimum atomic E-state index is 0.0239. The molecule has 0 aromatic carbocycles. The molecule has 102 valence electrons. The van der Waals surface area contributed by atoms with E-state index in [0.29, 0.717) is 17.7 Å². The maximum absolute atomic E-state index is 12.4. The molecule has 1 amide bonds. The standard InChI is InChI=1S/C14H20N4O/c19-14(13-9-15-6-7-17-13)18-8-2-3-11(10-18)12-4-1-5-16-12/h6-7,9,11-12,16H,1-5,8,10H2. The minimum Gasteiger partial charge on any atom is -0.337 e. The maximum atomic E-state index is 12.4. The molecule has 5 nitrogen and oxygen atoms in total. The lowest BCUT2D eigenvalue weighted by Gasteiger charge is -2.35. The summed E-state index contributed by atoms with van der Waals surface area (Å²) in [5.74, 6) is 0.618. The number of carbonyl (C=O) groups is 1. The van der Waals surface area contributed by atoms with Crippen LogP contribution in [-0.2, 0) is 0 Å². The van der Waals surface area contributed by atoms with Crippen molar-refractivity contribution < 1.29 is 4.79 Å². The Labute approximate surface area is 113 Å². The molecular formula is C14H20N4O. The van der Waals surface area contributed by atoms with Gasteiger partial charge in [0.25, 0.3) is 5.91 Å². The van der Waals surface area contributed by atoms with E-state index in [9.17, 15) is 4.79 Å². The highest BCUT2D eigenvalue weighted by atomic mass is 16.2. The molecule has 2 saturated heterocycles. The number of likely N-dealkylation sites (tertiary alicyclic amines) is 1. The lowest BCUT2D eigenvalue weighted by atomic mass is 9.89. The summed E-state index contributed by atoms with van der Waals surface area (Å²) in [6.45, 7) is 2.82. The summed E-state index contributed by atoms with van der Waals surface area (Å²) in [6.07, 6.45) is 9.55. The highest BCUT2D eigenvalue weighted by molar-refractivity contribution is 5.92. The van der Waals surface area contributed by atoms with E-state index in [-0.39, 0.29) is 5.91 Å². The van der Waals surface area contributed by atoms with E-state index in [0.717, 1.165) is 26.1 Å². The van der Waals surface area contributed by atoms with E-state index in [2.05, 4.69) is 15.3 Å². The number of carbonyl (C=O) groups excluding carboxylic acids is 1. The van der Waals surface area contributed by atoms with Crippen molar-refractivity contribution in [2.75, 3.05) is 19.6 Å². The van der Waals surface area contributed by atoms with Crippen molar-refractivity contribution in [3.63, 3.8) is 0 Å². The van der Waals surface area contributed by atoms with Gasteiger partial charge in [0, 0.05) is 31.5 Å². The van der Waals surface area contributed by atoms with Crippen LogP contribution in [0.2, 0.25) is 0 Å². The fourth-order valence-corrected chi connectivity index (χ4v) is 3.21. The van der Waals surface area contributed by atoms with Gasteiger partial charge in [0.15, 0.2) is 0 Å². The first-order valence-corrected chi connectivity index (χ1v) is 7.13. The molecule has 0 bridgehead atoms. The summed E-state index contributed by atoms with van der Waals surface area (Å²) < 4.78 is 0. The third-order valence-electron chi connectivity index (χ3n) is 4.19. The van der Waals surface area contributed by atoms with Gasteiger partial charge in [-0.05, 0) is 38.1 Å². The number of hydrogen-bond donors (Lipinski definition) is 1. The first-order chi connectivity index (χ1) is 9.34. The van der Waals surface area contributed by atoms with Crippen LogP contribution in [0.5, 0.6) is 0 Å². The van der Waals surface area contributed by atoms with Crippen molar-refractivity contribution in [3.05, 3.63) is 24.3 Å². The van der Waals surface area contributed by atoms with E-state index < -0.39 is 0 Å². The molecule has 0 radical (unpaired) electrons. The van der Waals surface area contributed by atoms with Crippen LogP contribution in [-0.4, -0.2) is 46.5 Å². The quantitative estimate of drug-likeness (QED) is 0.864. The van der Waals surface area contributed by atoms with Gasteiger partial charge in [-0.2, -0.15) is 0 Å². The SMILES string of the molecule is O=C(c1cnccn1)N1CCCC(C2CCCN2)C1. The van der Waals surface area contributed by atoms with Gasteiger partial charge in [0.05, 0.1) is 6.20 Å². The molecule has 1 N–H and O–H groups in total. The largest absolute Gasteiger partial charge is 0.337 e. The van der Waals surface area contributed by atoms with Crippen LogP contribution < -0.4 is 5.32 Å². The molecule has 19 heavy (non-hydrogen) atoms. The number of aromatic nitrogens is 2. The van der Waals surface area contributed by atoms with Crippen molar-refractivity contribution >= 4 is 5.91 Å². The molecule has 1 aromatic rings. The number of nitrogens with zero attached hydrogens (tertiary/aromatic N) is 3. The predicted octanol–water partition coefficient (Wildman–Crippen LogP) is 1.08. The number of amides is 1. The van der Waals surface area contributed by atoms with Crippen LogP contribution in [0.4, 0.5) is 0 Å². The summed E-state index contributed by atoms with van der Waals surface area (Å²) in [4.78, 5) is 22.4. The van der Waals surface area contributed by atoms with Crippen molar-refractivity contribution in [1.82, 2.24) is 20.2 Å². The molecule has 2 aliphatic rings. The first kappa shape index (κ1) is 12.5. The second kappa shape index (κ2) is 5.65. The highest BCUT2D eigenvalue weighted by Gasteiger charge is 2.31. The number of piperidine rings is 1. The zero-order chi connectivity index (χ0) is 13.1. The molecule has 3 rings (SSSR count). The molecule has 3 heterocycles. The lowest BCUT2D eigenvalue weighted by Crippen LogP contribution is -2.46. The van der Waals surface area contributed by atoms with Gasteiger partial charge in [-0.25, -0.2) is 4.98 Å². The molecule has 2 aliphatic heterocycles. The van der Waals surface area contributed by atoms with Crippen LogP contribution in [0.3, 0.4) is 0 Å². The Hall–Kier alpha value is -1.49. The van der Waals surface area contributed by atoms with Gasteiger partial charge < -0.3 is 10.2 Å². The Morgan fingerprint density at radius 2 is 2.26 bits per heavy atom. The summed E-state index contributed by atoms with van der Waals surface area (Å²) >= 11 is 0. The van der Waals surface area contributed by atoms with Gasteiger partial charge in [0.2, 0.25) is 0 Å². The first-order valence-electron chi connectivity index (χ1n) is 7.13. The lowest BCUT2D eigenvalue weighted by molar-refractivity contribution is 0.0644. The summed E-state index contributed by atoms with van der Waals surface area (Å²) in [5, 5.41) is 3.56. The molecule has 0 spiro atoms. The molecular weight excluding hydrogens is 240 g/mol. The number of rotatable bonds is 2. The molecule has 0 saturated carbocycles. The van der Waals surface area contributed by atoms with Crippen molar-refractivity contribution in [2.24, 2.45) is 5.92 Å². The van der Waals surface area contributed by atoms with Crippen LogP contribution in [0, 0.1) is 5.92 Å². The Morgan fingerprint density at radius 3 is 3.00 bits per heavy atom. The highest BCUT2D eigenvalue weighted by Crippen LogP contribution is 2.25. The third kappa shape index (κ3) is 2.76. The zero-order valence-electron chi connectivity index (χ0n) is 11.1. The Kier molecular flexibility index (Phi) is 3.73. The van der Waals surface area contributed by atoms with Crippen LogP contribution in [0.15, 0.2) is 18.6 Å². The van der Waals surface area contributed by atoms with E-state index in [1.807, 2.05) is 4.90 Å². The van der Waals surface area contributed by atoms with Gasteiger partial charge in [-0.15, -0.1) is 0 Å². The molecule has 2 unspecified atom stereocenters. The summed E-state index contributed by atoms with van der Waals surface area (Å²) in [7, 11) is 0. The van der Waals surface area contributed by atoms with Gasteiger partial charge in [0.1, 0.15) is 5.69 Å². The molecule has 0 aliphatic carbocycles. The van der Waals surface area contributed by atoms with E-state index in [4.69, 9.17) is 0 Å². The Bertz CT molecular complexity index is 430. The summed E-state index contributed by atoms with van der Waals surface area (Å²) in [6, 6.07) is 0.595. The van der Waals surface area contributed by atoms with Gasteiger partial charge in [-0.3, -0.25) is 9.78 Å². The average molecular weight is 260 g/mol. The maximum Gasteiger partial charge on any atom is 0.274 e. The number of nitrogens with one attached hydrogen (secondary N) is 1. The normalized spacial score (nSPS) is 27.5. The summed E-state index contributed by atoms with van der Waals surface area (Å²) in [5.41, 5.74) is 0.461. The van der Waals surface area contributed by atoms with E-state index in [1.165, 1.54) is 19.3 Å². The molecule has 2 fully saturated rings. The smallest absolute Gasteiger partial charge is 0.274 e. The second-order valence-electron chi connectivity index (χ2n) is 5.45. The van der Waals surface area contributed by atoms with Crippen LogP contribution >= 0.6 is 0 Å². The van der Waals surface area contributed by atoms with Gasteiger partial charge in [-0.1, -0.05) is 0 Å². The van der Waals surface area contributed by atoms with Crippen molar-refractivity contribution in [3.8, 4) is 0 Å². The molecule has 1 aromatic heterocycles.